The minimum absolute atomic E-state index is 0.0546. The molecule has 0 unspecified atom stereocenters. The lowest BCUT2D eigenvalue weighted by molar-refractivity contribution is 0.111. The van der Waals surface area contributed by atoms with Gasteiger partial charge < -0.3 is 18.7 Å². The van der Waals surface area contributed by atoms with E-state index in [0.717, 1.165) is 11.3 Å². The van der Waals surface area contributed by atoms with Crippen LogP contribution < -0.4 is 9.47 Å². The number of tetrazole rings is 1. The summed E-state index contributed by atoms with van der Waals surface area (Å²) in [6.45, 7) is -0.0546. The smallest absolute Gasteiger partial charge is 0.257 e. The normalized spacial score (nSPS) is 11.4. The van der Waals surface area contributed by atoms with Gasteiger partial charge in [-0.05, 0) is 52.9 Å². The number of oxime groups is 1. The number of aryl methyl sites for hydroxylation is 1. The Morgan fingerprint density at radius 1 is 0.973 bits per heavy atom. The van der Waals surface area contributed by atoms with E-state index >= 15 is 0 Å². The van der Waals surface area contributed by atoms with Crippen molar-refractivity contribution in [2.75, 3.05) is 7.11 Å². The van der Waals surface area contributed by atoms with Crippen LogP contribution >= 0.6 is 11.6 Å². The molecule has 0 amide bonds. The molecule has 0 saturated carbocycles. The van der Waals surface area contributed by atoms with Gasteiger partial charge in [0.15, 0.2) is 12.3 Å². The first-order valence-electron chi connectivity index (χ1n) is 11.0. The number of hydrogen-bond donors (Lipinski definition) is 0. The van der Waals surface area contributed by atoms with E-state index in [2.05, 4.69) is 30.9 Å². The largest absolute Gasteiger partial charge is 0.497 e. The van der Waals surface area contributed by atoms with Crippen LogP contribution in [0.15, 0.2) is 82.4 Å². The summed E-state index contributed by atoms with van der Waals surface area (Å²) in [5, 5.41) is 24.3. The Balaban J connectivity index is 1.28. The van der Waals surface area contributed by atoms with Crippen LogP contribution in [0.3, 0.4) is 0 Å². The van der Waals surface area contributed by atoms with Crippen LogP contribution in [0, 0.1) is 0 Å². The molecule has 0 aliphatic rings. The lowest BCUT2D eigenvalue weighted by atomic mass is 10.1. The monoisotopic (exact) mass is 517 g/mol. The maximum atomic E-state index is 6.43. The SMILES string of the molecule is COc1ccc(Oc2ccc(-c3nnc(CO/N=C(/c4ccccc4)c4nnnn4C)o3)cc2Cl)cc1. The van der Waals surface area contributed by atoms with E-state index < -0.39 is 0 Å². The van der Waals surface area contributed by atoms with Gasteiger partial charge in [-0.15, -0.1) is 15.3 Å². The Labute approximate surface area is 216 Å². The van der Waals surface area contributed by atoms with Crippen LogP contribution in [-0.2, 0) is 18.5 Å². The van der Waals surface area contributed by atoms with Crippen molar-refractivity contribution in [1.29, 1.82) is 0 Å². The standard InChI is InChI=1S/C25H20ClN7O4/c1-33-24(28-31-32-33)23(16-6-4-3-5-7-16)30-35-15-22-27-29-25(37-22)17-8-13-21(20(26)14-17)36-19-11-9-18(34-2)10-12-19/h3-14H,15H2,1-2H3/b30-23-. The van der Waals surface area contributed by atoms with Crippen LogP contribution in [0.4, 0.5) is 0 Å². The molecule has 0 bridgehead atoms. The topological polar surface area (TPSA) is 123 Å². The van der Waals surface area contributed by atoms with Crippen LogP contribution in [-0.4, -0.2) is 43.2 Å². The fraction of sp³-hybridized carbons (Fsp3) is 0.120. The third-order valence-electron chi connectivity index (χ3n) is 5.16. The van der Waals surface area contributed by atoms with Crippen molar-refractivity contribution in [3.8, 4) is 28.7 Å². The van der Waals surface area contributed by atoms with Gasteiger partial charge in [0.05, 0.1) is 12.1 Å². The highest BCUT2D eigenvalue weighted by Gasteiger charge is 2.16. The molecule has 0 atom stereocenters. The van der Waals surface area contributed by atoms with E-state index in [0.29, 0.717) is 33.6 Å². The molecule has 5 aromatic rings. The molecule has 0 aliphatic carbocycles. The molecule has 12 heteroatoms. The van der Waals surface area contributed by atoms with Crippen LogP contribution in [0.2, 0.25) is 5.02 Å². The molecule has 0 radical (unpaired) electrons. The zero-order valence-corrected chi connectivity index (χ0v) is 20.5. The van der Waals surface area contributed by atoms with Gasteiger partial charge >= 0.3 is 0 Å². The predicted octanol–water partition coefficient (Wildman–Crippen LogP) is 4.68. The highest BCUT2D eigenvalue weighted by Crippen LogP contribution is 2.33. The second-order valence-corrected chi connectivity index (χ2v) is 8.04. The molecule has 0 aliphatic heterocycles. The molecular weight excluding hydrogens is 498 g/mol. The van der Waals surface area contributed by atoms with E-state index in [1.165, 1.54) is 4.68 Å². The molecular formula is C25H20ClN7O4. The van der Waals surface area contributed by atoms with Gasteiger partial charge in [-0.2, -0.15) is 0 Å². The van der Waals surface area contributed by atoms with Crippen LogP contribution in [0.25, 0.3) is 11.5 Å². The third-order valence-corrected chi connectivity index (χ3v) is 5.45. The molecule has 0 saturated heterocycles. The minimum Gasteiger partial charge on any atom is -0.497 e. The van der Waals surface area contributed by atoms with E-state index in [9.17, 15) is 0 Å². The van der Waals surface area contributed by atoms with Crippen molar-refractivity contribution < 1.29 is 18.7 Å². The number of aromatic nitrogens is 6. The Morgan fingerprint density at radius 3 is 2.46 bits per heavy atom. The van der Waals surface area contributed by atoms with E-state index in [-0.39, 0.29) is 18.4 Å². The average molecular weight is 518 g/mol. The summed E-state index contributed by atoms with van der Waals surface area (Å²) < 4.78 is 18.2. The zero-order valence-electron chi connectivity index (χ0n) is 19.8. The number of methoxy groups -OCH3 is 1. The van der Waals surface area contributed by atoms with E-state index in [1.54, 1.807) is 56.6 Å². The first-order valence-corrected chi connectivity index (χ1v) is 11.4. The lowest BCUT2D eigenvalue weighted by Crippen LogP contribution is -2.12. The average Bonchev–Trinajstić information content (AvgIpc) is 3.58. The molecule has 2 aromatic heterocycles. The number of halogens is 1. The summed E-state index contributed by atoms with van der Waals surface area (Å²) in [6.07, 6.45) is 0. The summed E-state index contributed by atoms with van der Waals surface area (Å²) in [5.41, 5.74) is 1.88. The van der Waals surface area contributed by atoms with Gasteiger partial charge in [-0.1, -0.05) is 47.1 Å². The molecule has 186 valence electrons. The number of rotatable bonds is 9. The quantitative estimate of drug-likeness (QED) is 0.202. The fourth-order valence-corrected chi connectivity index (χ4v) is 3.54. The molecule has 0 spiro atoms. The van der Waals surface area contributed by atoms with Crippen LogP contribution in [0.5, 0.6) is 17.2 Å². The number of ether oxygens (including phenoxy) is 2. The first-order chi connectivity index (χ1) is 18.1. The first kappa shape index (κ1) is 23.9. The number of hydrogen-bond acceptors (Lipinski definition) is 10. The Morgan fingerprint density at radius 2 is 1.76 bits per heavy atom. The van der Waals surface area contributed by atoms with Gasteiger partial charge in [0.25, 0.3) is 5.89 Å². The maximum absolute atomic E-state index is 6.43. The van der Waals surface area contributed by atoms with Gasteiger partial charge in [-0.3, -0.25) is 0 Å². The van der Waals surface area contributed by atoms with Gasteiger partial charge in [-0.25, -0.2) is 4.68 Å². The van der Waals surface area contributed by atoms with Crippen LogP contribution in [0.1, 0.15) is 17.3 Å². The minimum atomic E-state index is -0.0546. The molecule has 37 heavy (non-hydrogen) atoms. The number of benzene rings is 3. The van der Waals surface area contributed by atoms with Crippen molar-refractivity contribution in [3.63, 3.8) is 0 Å². The van der Waals surface area contributed by atoms with Crippen molar-refractivity contribution in [2.45, 2.75) is 6.61 Å². The van der Waals surface area contributed by atoms with Gasteiger partial charge in [0.1, 0.15) is 17.2 Å². The molecule has 3 aromatic carbocycles. The van der Waals surface area contributed by atoms with E-state index in [4.69, 9.17) is 30.3 Å². The molecule has 0 fully saturated rings. The highest BCUT2D eigenvalue weighted by atomic mass is 35.5. The predicted molar refractivity (Wildman–Crippen MR) is 133 cm³/mol. The summed E-state index contributed by atoms with van der Waals surface area (Å²) in [5.74, 6) is 2.81. The Bertz CT molecular complexity index is 1520. The van der Waals surface area contributed by atoms with E-state index in [1.807, 2.05) is 30.3 Å². The molecule has 0 N–H and O–H groups in total. The Kier molecular flexibility index (Phi) is 7.04. The van der Waals surface area contributed by atoms with Crippen molar-refractivity contribution >= 4 is 17.3 Å². The molecule has 11 nitrogen and oxygen atoms in total. The second kappa shape index (κ2) is 10.9. The third kappa shape index (κ3) is 5.57. The highest BCUT2D eigenvalue weighted by molar-refractivity contribution is 6.32. The Hall–Kier alpha value is -4.77. The summed E-state index contributed by atoms with van der Waals surface area (Å²) in [4.78, 5) is 5.52. The summed E-state index contributed by atoms with van der Waals surface area (Å²) >= 11 is 6.43. The van der Waals surface area contributed by atoms with Crippen molar-refractivity contribution in [1.82, 2.24) is 30.4 Å². The summed E-state index contributed by atoms with van der Waals surface area (Å²) in [7, 11) is 3.32. The molecule has 2 heterocycles. The second-order valence-electron chi connectivity index (χ2n) is 7.63. The molecule has 5 rings (SSSR count). The van der Waals surface area contributed by atoms with Gasteiger partial charge in [0.2, 0.25) is 11.7 Å². The number of nitrogens with zero attached hydrogens (tertiary/aromatic N) is 7. The van der Waals surface area contributed by atoms with Crippen molar-refractivity contribution in [2.24, 2.45) is 12.2 Å². The fourth-order valence-electron chi connectivity index (χ4n) is 3.32. The maximum Gasteiger partial charge on any atom is 0.257 e. The lowest BCUT2D eigenvalue weighted by Gasteiger charge is -2.09. The van der Waals surface area contributed by atoms with Crippen molar-refractivity contribution in [3.05, 3.63) is 95.1 Å². The zero-order chi connectivity index (χ0) is 25.6. The van der Waals surface area contributed by atoms with Gasteiger partial charge in [0, 0.05) is 18.2 Å². The summed E-state index contributed by atoms with van der Waals surface area (Å²) in [6, 6.07) is 21.8.